The molecule has 0 spiro atoms. The molecule has 0 N–H and O–H groups in total. The van der Waals surface area contributed by atoms with E-state index < -0.39 is 0 Å². The molecule has 2 nitrogen and oxygen atoms in total. The molecule has 0 amide bonds. The summed E-state index contributed by atoms with van der Waals surface area (Å²) in [5.74, 6) is 0. The summed E-state index contributed by atoms with van der Waals surface area (Å²) in [7, 11) is 0. The molecule has 3 heteroatoms. The molecule has 0 atom stereocenters. The van der Waals surface area contributed by atoms with Crippen LogP contribution in [0, 0.1) is 17.5 Å². The van der Waals surface area contributed by atoms with E-state index in [9.17, 15) is 0 Å². The van der Waals surface area contributed by atoms with Crippen LogP contribution in [0.1, 0.15) is 51.3 Å². The van der Waals surface area contributed by atoms with Crippen molar-refractivity contribution >= 4 is 0 Å². The molecule has 0 fully saturated rings. The minimum absolute atomic E-state index is 0. The molecule has 39 heavy (non-hydrogen) atoms. The molecule has 3 aromatic carbocycles. The largest absolute Gasteiger partial charge is 0.305 e. The number of hydrogen-bond donors (Lipinski definition) is 0. The van der Waals surface area contributed by atoms with Crippen molar-refractivity contribution in [2.75, 3.05) is 0 Å². The van der Waals surface area contributed by atoms with E-state index in [2.05, 4.69) is 111 Å². The number of aromatic nitrogens is 2. The maximum atomic E-state index is 4.41. The normalized spacial score (nSPS) is 11.1. The molecular formula is C36H36IrN2-2. The number of rotatable bonds is 5. The van der Waals surface area contributed by atoms with Crippen LogP contribution in [-0.2, 0) is 31.9 Å². The first-order valence-corrected chi connectivity index (χ1v) is 13.1. The van der Waals surface area contributed by atoms with Gasteiger partial charge in [-0.1, -0.05) is 88.7 Å². The molecule has 0 aliphatic carbocycles. The van der Waals surface area contributed by atoms with Crippen LogP contribution < -0.4 is 0 Å². The summed E-state index contributed by atoms with van der Waals surface area (Å²) in [4.78, 5) is 8.82. The molecule has 1 radical (unpaired) electrons. The molecule has 201 valence electrons. The molecule has 0 aliphatic heterocycles. The van der Waals surface area contributed by atoms with Gasteiger partial charge >= 0.3 is 0 Å². The van der Waals surface area contributed by atoms with Crippen LogP contribution in [0.4, 0.5) is 0 Å². The van der Waals surface area contributed by atoms with Crippen molar-refractivity contribution in [3.05, 3.63) is 144 Å². The molecule has 0 saturated carbocycles. The van der Waals surface area contributed by atoms with Crippen LogP contribution in [0.15, 0.2) is 116 Å². The van der Waals surface area contributed by atoms with Crippen molar-refractivity contribution < 1.29 is 20.1 Å². The first-order chi connectivity index (χ1) is 18.2. The van der Waals surface area contributed by atoms with Crippen LogP contribution in [0.3, 0.4) is 0 Å². The summed E-state index contributed by atoms with van der Waals surface area (Å²) < 4.78 is 0. The monoisotopic (exact) mass is 689 g/mol. The van der Waals surface area contributed by atoms with Crippen LogP contribution in [0.5, 0.6) is 0 Å². The van der Waals surface area contributed by atoms with E-state index in [1.165, 1.54) is 16.7 Å². The summed E-state index contributed by atoms with van der Waals surface area (Å²) in [6.07, 6.45) is 4.77. The molecule has 0 aliphatic rings. The average Bonchev–Trinajstić information content (AvgIpc) is 2.94. The Morgan fingerprint density at radius 1 is 0.590 bits per heavy atom. The Labute approximate surface area is 248 Å². The minimum atomic E-state index is -0.0418. The van der Waals surface area contributed by atoms with Crippen LogP contribution in [0.25, 0.3) is 22.5 Å². The van der Waals surface area contributed by atoms with Gasteiger partial charge in [-0.15, -0.1) is 71.3 Å². The fourth-order valence-electron chi connectivity index (χ4n) is 4.44. The first kappa shape index (κ1) is 30.2. The molecule has 0 bridgehead atoms. The predicted octanol–water partition coefficient (Wildman–Crippen LogP) is 9.01. The van der Waals surface area contributed by atoms with Crippen molar-refractivity contribution in [2.24, 2.45) is 5.41 Å². The number of hydrogen-bond acceptors (Lipinski definition) is 2. The molecule has 5 rings (SSSR count). The zero-order valence-corrected chi connectivity index (χ0v) is 25.8. The van der Waals surface area contributed by atoms with E-state index in [4.69, 9.17) is 0 Å². The van der Waals surface area contributed by atoms with Gasteiger partial charge in [0.05, 0.1) is 0 Å². The Morgan fingerprint density at radius 3 is 1.95 bits per heavy atom. The molecule has 0 saturated heterocycles. The summed E-state index contributed by atoms with van der Waals surface area (Å²) >= 11 is 0. The Balaban J connectivity index is 0.000000215. The van der Waals surface area contributed by atoms with Gasteiger partial charge in [0.15, 0.2) is 0 Å². The van der Waals surface area contributed by atoms with Gasteiger partial charge in [-0.2, -0.15) is 0 Å². The van der Waals surface area contributed by atoms with Crippen LogP contribution in [-0.4, -0.2) is 9.97 Å². The summed E-state index contributed by atoms with van der Waals surface area (Å²) in [5.41, 5.74) is 8.24. The summed E-state index contributed by atoms with van der Waals surface area (Å²) in [6, 6.07) is 41.6. The predicted molar refractivity (Wildman–Crippen MR) is 159 cm³/mol. The summed E-state index contributed by atoms with van der Waals surface area (Å²) in [5, 5.41) is 0. The minimum Gasteiger partial charge on any atom is -0.305 e. The van der Waals surface area contributed by atoms with Crippen molar-refractivity contribution in [2.45, 2.75) is 46.5 Å². The van der Waals surface area contributed by atoms with Gasteiger partial charge in [-0.25, -0.2) is 0 Å². The molecule has 2 aromatic heterocycles. The zero-order chi connectivity index (χ0) is 27.0. The Bertz CT molecular complexity index is 1420. The topological polar surface area (TPSA) is 25.8 Å². The Hall–Kier alpha value is -3.39. The molecular weight excluding hydrogens is 653 g/mol. The number of nitrogens with zero attached hydrogens (tertiary/aromatic N) is 2. The third-order valence-corrected chi connectivity index (χ3v) is 6.50. The SMILES string of the molecule is CC(C)(C)Cc1ccnc(-c2[c-]cccc2)c1.CC(C)(c1ccccc1)c1cc[c-]c(-c2ccccn2)c1.[Ir]. The number of benzene rings is 3. The van der Waals surface area contributed by atoms with Crippen LogP contribution >= 0.6 is 0 Å². The third-order valence-electron chi connectivity index (χ3n) is 6.50. The summed E-state index contributed by atoms with van der Waals surface area (Å²) in [6.45, 7) is 11.3. The molecule has 5 aromatic rings. The quantitative estimate of drug-likeness (QED) is 0.172. The van der Waals surface area contributed by atoms with E-state index in [-0.39, 0.29) is 25.5 Å². The standard InChI is InChI=1S/C20H18N.C16H18N.Ir/c1-20(2,17-10-4-3-5-11-17)18-12-8-9-16(15-18)19-13-6-7-14-21-19;1-16(2,3)12-13-9-10-17-15(11-13)14-7-5-4-6-8-14;/h3-8,10-15H,1-2H3;4-7,9-11H,12H2,1-3H3;/q2*-1;. The molecule has 2 heterocycles. The third kappa shape index (κ3) is 8.55. The Kier molecular flexibility index (Phi) is 10.5. The fraction of sp³-hybridized carbons (Fsp3) is 0.222. The smallest absolute Gasteiger partial charge is 0.0163 e. The second-order valence-corrected chi connectivity index (χ2v) is 11.3. The Morgan fingerprint density at radius 2 is 1.28 bits per heavy atom. The van der Waals surface area contributed by atoms with Crippen molar-refractivity contribution in [1.29, 1.82) is 0 Å². The fourth-order valence-corrected chi connectivity index (χ4v) is 4.44. The maximum Gasteiger partial charge on any atom is 0.0163 e. The second kappa shape index (κ2) is 13.6. The van der Waals surface area contributed by atoms with E-state index in [1.807, 2.05) is 60.9 Å². The van der Waals surface area contributed by atoms with Gasteiger partial charge in [-0.3, -0.25) is 0 Å². The van der Waals surface area contributed by atoms with E-state index in [0.717, 1.165) is 28.9 Å². The molecule has 0 unspecified atom stereocenters. The first-order valence-electron chi connectivity index (χ1n) is 13.1. The average molecular weight is 689 g/mol. The van der Waals surface area contributed by atoms with Gasteiger partial charge in [0, 0.05) is 32.5 Å². The van der Waals surface area contributed by atoms with Crippen molar-refractivity contribution in [1.82, 2.24) is 9.97 Å². The van der Waals surface area contributed by atoms with Gasteiger partial charge in [0.2, 0.25) is 0 Å². The van der Waals surface area contributed by atoms with Gasteiger partial charge in [-0.05, 0) is 46.3 Å². The second-order valence-electron chi connectivity index (χ2n) is 11.3. The van der Waals surface area contributed by atoms with Gasteiger partial charge in [0.1, 0.15) is 0 Å². The van der Waals surface area contributed by atoms with Crippen molar-refractivity contribution in [3.8, 4) is 22.5 Å². The van der Waals surface area contributed by atoms with Crippen LogP contribution in [0.2, 0.25) is 0 Å². The van der Waals surface area contributed by atoms with Gasteiger partial charge in [0.25, 0.3) is 0 Å². The van der Waals surface area contributed by atoms with E-state index >= 15 is 0 Å². The van der Waals surface area contributed by atoms with Crippen molar-refractivity contribution in [3.63, 3.8) is 0 Å². The maximum absolute atomic E-state index is 4.41. The number of pyridine rings is 2. The van der Waals surface area contributed by atoms with E-state index in [0.29, 0.717) is 5.41 Å². The van der Waals surface area contributed by atoms with E-state index in [1.54, 1.807) is 0 Å². The zero-order valence-electron chi connectivity index (χ0n) is 23.4. The van der Waals surface area contributed by atoms with Gasteiger partial charge < -0.3 is 9.97 Å².